The first-order chi connectivity index (χ1) is 7.88. The molecule has 0 nitrogen and oxygen atoms in total. The minimum atomic E-state index is 0.914. The molecule has 0 aliphatic heterocycles. The molecule has 1 rings (SSSR count). The maximum Gasteiger partial charge on any atom is 0.0132 e. The summed E-state index contributed by atoms with van der Waals surface area (Å²) in [6.45, 7) is 13.3. The smallest absolute Gasteiger partial charge is 0.0132 e. The van der Waals surface area contributed by atoms with Crippen molar-refractivity contribution in [2.75, 3.05) is 0 Å². The number of hydrogen-bond donors (Lipinski definition) is 1. The normalized spacial score (nSPS) is 10.3. The maximum atomic E-state index is 4.25. The molecule has 0 spiro atoms. The van der Waals surface area contributed by atoms with Crippen LogP contribution in [0.5, 0.6) is 0 Å². The van der Waals surface area contributed by atoms with Crippen LogP contribution in [0.25, 0.3) is 0 Å². The maximum absolute atomic E-state index is 4.25. The quantitative estimate of drug-likeness (QED) is 0.532. The zero-order chi connectivity index (χ0) is 13.4. The highest BCUT2D eigenvalue weighted by Crippen LogP contribution is 2.13. The first kappa shape index (κ1) is 16.3. The molecule has 0 amide bonds. The molecule has 0 saturated heterocycles. The fourth-order valence-electron chi connectivity index (χ4n) is 1.07. The number of halogens is 1. The van der Waals surface area contributed by atoms with Crippen molar-refractivity contribution in [3.05, 3.63) is 64.7 Å². The second kappa shape index (κ2) is 8.37. The fourth-order valence-corrected chi connectivity index (χ4v) is 1.34. The molecule has 92 valence electrons. The van der Waals surface area contributed by atoms with Crippen LogP contribution in [0.3, 0.4) is 0 Å². The lowest BCUT2D eigenvalue weighted by Gasteiger charge is -1.97. The number of hydrogen-bond acceptors (Lipinski definition) is 1. The van der Waals surface area contributed by atoms with Crippen molar-refractivity contribution >= 4 is 28.6 Å². The third-order valence-corrected chi connectivity index (χ3v) is 3.28. The SMILES string of the molecule is C=C/C=C(/C)C(=C)Br.Cc1ccc(S)c(C)c1. The molecular formula is C15H19BrS. The molecule has 1 aromatic carbocycles. The van der Waals surface area contributed by atoms with Gasteiger partial charge in [-0.15, -0.1) is 12.6 Å². The predicted molar refractivity (Wildman–Crippen MR) is 85.2 cm³/mol. The average molecular weight is 311 g/mol. The van der Waals surface area contributed by atoms with Crippen molar-refractivity contribution in [1.82, 2.24) is 0 Å². The summed E-state index contributed by atoms with van der Waals surface area (Å²) in [5.41, 5.74) is 3.66. The van der Waals surface area contributed by atoms with Gasteiger partial charge >= 0.3 is 0 Å². The predicted octanol–water partition coefficient (Wildman–Crippen LogP) is 5.62. The Morgan fingerprint density at radius 2 is 1.94 bits per heavy atom. The van der Waals surface area contributed by atoms with Crippen LogP contribution >= 0.6 is 28.6 Å². The average Bonchev–Trinajstić information content (AvgIpc) is 2.25. The second-order valence-electron chi connectivity index (χ2n) is 3.78. The van der Waals surface area contributed by atoms with Gasteiger partial charge in [0.15, 0.2) is 0 Å². The van der Waals surface area contributed by atoms with E-state index >= 15 is 0 Å². The number of rotatable bonds is 2. The van der Waals surface area contributed by atoms with Gasteiger partial charge in [-0.25, -0.2) is 0 Å². The van der Waals surface area contributed by atoms with Crippen LogP contribution in [0.1, 0.15) is 18.1 Å². The van der Waals surface area contributed by atoms with Crippen molar-refractivity contribution in [3.63, 3.8) is 0 Å². The summed E-state index contributed by atoms with van der Waals surface area (Å²) < 4.78 is 0.914. The van der Waals surface area contributed by atoms with E-state index in [1.54, 1.807) is 6.08 Å². The van der Waals surface area contributed by atoms with E-state index in [9.17, 15) is 0 Å². The van der Waals surface area contributed by atoms with Crippen LogP contribution in [0, 0.1) is 13.8 Å². The fraction of sp³-hybridized carbons (Fsp3) is 0.200. The van der Waals surface area contributed by atoms with Crippen molar-refractivity contribution in [2.24, 2.45) is 0 Å². The molecule has 0 unspecified atom stereocenters. The highest BCUT2D eigenvalue weighted by molar-refractivity contribution is 9.11. The molecule has 0 saturated carbocycles. The van der Waals surface area contributed by atoms with E-state index in [0.717, 1.165) is 15.0 Å². The van der Waals surface area contributed by atoms with Gasteiger partial charge in [0.2, 0.25) is 0 Å². The molecule has 0 aromatic heterocycles. The van der Waals surface area contributed by atoms with E-state index in [1.807, 2.05) is 19.1 Å². The van der Waals surface area contributed by atoms with Gasteiger partial charge in [0.25, 0.3) is 0 Å². The summed E-state index contributed by atoms with van der Waals surface area (Å²) in [4.78, 5) is 1.07. The van der Waals surface area contributed by atoms with E-state index in [4.69, 9.17) is 0 Å². The molecule has 2 heteroatoms. The summed E-state index contributed by atoms with van der Waals surface area (Å²) in [5.74, 6) is 0. The minimum Gasteiger partial charge on any atom is -0.143 e. The summed E-state index contributed by atoms with van der Waals surface area (Å²) in [5, 5.41) is 0. The molecule has 0 aliphatic carbocycles. The van der Waals surface area contributed by atoms with E-state index in [2.05, 4.69) is 67.7 Å². The summed E-state index contributed by atoms with van der Waals surface area (Å²) >= 11 is 7.48. The summed E-state index contributed by atoms with van der Waals surface area (Å²) in [7, 11) is 0. The summed E-state index contributed by atoms with van der Waals surface area (Å²) in [6, 6.07) is 6.21. The van der Waals surface area contributed by atoms with Gasteiger partial charge in [-0.3, -0.25) is 0 Å². The lowest BCUT2D eigenvalue weighted by Crippen LogP contribution is -1.76. The Kier molecular flexibility index (Phi) is 8.01. The van der Waals surface area contributed by atoms with Gasteiger partial charge < -0.3 is 0 Å². The highest BCUT2D eigenvalue weighted by atomic mass is 79.9. The minimum absolute atomic E-state index is 0.914. The number of benzene rings is 1. The Hall–Kier alpha value is -0.730. The first-order valence-corrected chi connectivity index (χ1v) is 6.52. The molecule has 0 bridgehead atoms. The van der Waals surface area contributed by atoms with Crippen LogP contribution in [-0.2, 0) is 0 Å². The molecular weight excluding hydrogens is 292 g/mol. The monoisotopic (exact) mass is 310 g/mol. The van der Waals surface area contributed by atoms with E-state index in [1.165, 1.54) is 11.1 Å². The largest absolute Gasteiger partial charge is 0.143 e. The highest BCUT2D eigenvalue weighted by Gasteiger charge is 1.90. The molecule has 0 fully saturated rings. The number of thiol groups is 1. The van der Waals surface area contributed by atoms with Gasteiger partial charge in [-0.1, -0.05) is 58.9 Å². The molecule has 0 atom stereocenters. The number of allylic oxidation sites excluding steroid dienone is 4. The van der Waals surface area contributed by atoms with Crippen LogP contribution in [0.15, 0.2) is 58.5 Å². The molecule has 0 heterocycles. The Morgan fingerprint density at radius 1 is 1.35 bits per heavy atom. The van der Waals surface area contributed by atoms with Crippen LogP contribution in [0.2, 0.25) is 0 Å². The Bertz CT molecular complexity index is 431. The molecule has 0 N–H and O–H groups in total. The van der Waals surface area contributed by atoms with Gasteiger partial charge in [0.1, 0.15) is 0 Å². The lowest BCUT2D eigenvalue weighted by molar-refractivity contribution is 1.27. The van der Waals surface area contributed by atoms with Gasteiger partial charge in [0, 0.05) is 9.38 Å². The zero-order valence-electron chi connectivity index (χ0n) is 10.6. The van der Waals surface area contributed by atoms with E-state index in [0.29, 0.717) is 0 Å². The molecule has 0 radical (unpaired) electrons. The molecule has 0 aliphatic rings. The van der Waals surface area contributed by atoms with Crippen molar-refractivity contribution < 1.29 is 0 Å². The third kappa shape index (κ3) is 7.24. The topological polar surface area (TPSA) is 0 Å². The van der Waals surface area contributed by atoms with Crippen molar-refractivity contribution in [1.29, 1.82) is 0 Å². The third-order valence-electron chi connectivity index (χ3n) is 2.15. The Balaban J connectivity index is 0.000000304. The van der Waals surface area contributed by atoms with E-state index < -0.39 is 0 Å². The summed E-state index contributed by atoms with van der Waals surface area (Å²) in [6.07, 6.45) is 3.64. The number of aryl methyl sites for hydroxylation is 2. The Morgan fingerprint density at radius 3 is 2.24 bits per heavy atom. The zero-order valence-corrected chi connectivity index (χ0v) is 13.1. The van der Waals surface area contributed by atoms with Crippen LogP contribution in [0.4, 0.5) is 0 Å². The second-order valence-corrected chi connectivity index (χ2v) is 5.22. The van der Waals surface area contributed by atoms with Gasteiger partial charge in [-0.05, 0) is 38.0 Å². The van der Waals surface area contributed by atoms with Gasteiger partial charge in [-0.2, -0.15) is 0 Å². The first-order valence-electron chi connectivity index (χ1n) is 5.28. The standard InChI is InChI=1S/C8H10S.C7H9Br/c1-6-3-4-8(9)7(2)5-6;1-4-5-6(2)7(3)8/h3-5,9H,1-2H3;4-5H,1,3H2,2H3/b;6-5-. The van der Waals surface area contributed by atoms with Crippen molar-refractivity contribution in [3.8, 4) is 0 Å². The Labute approximate surface area is 119 Å². The molecule has 17 heavy (non-hydrogen) atoms. The van der Waals surface area contributed by atoms with Crippen LogP contribution < -0.4 is 0 Å². The van der Waals surface area contributed by atoms with Crippen molar-refractivity contribution in [2.45, 2.75) is 25.7 Å². The van der Waals surface area contributed by atoms with Gasteiger partial charge in [0.05, 0.1) is 0 Å². The van der Waals surface area contributed by atoms with E-state index in [-0.39, 0.29) is 0 Å². The molecule has 1 aromatic rings. The van der Waals surface area contributed by atoms with Crippen LogP contribution in [-0.4, -0.2) is 0 Å². The lowest BCUT2D eigenvalue weighted by atomic mass is 10.2.